The summed E-state index contributed by atoms with van der Waals surface area (Å²) in [6.45, 7) is 3.93. The largest absolute Gasteiger partial charge is 0.507 e. The van der Waals surface area contributed by atoms with Crippen LogP contribution in [0, 0.1) is 0 Å². The molecular weight excluding hydrogens is 624 g/mol. The van der Waals surface area contributed by atoms with Gasteiger partial charge in [0, 0.05) is 54.7 Å². The summed E-state index contributed by atoms with van der Waals surface area (Å²) in [5.41, 5.74) is 5.76. The average Bonchev–Trinajstić information content (AvgIpc) is 3.08. The lowest BCUT2D eigenvalue weighted by Crippen LogP contribution is -2.07. The van der Waals surface area contributed by atoms with Gasteiger partial charge in [-0.2, -0.15) is 0 Å². The van der Waals surface area contributed by atoms with Crippen molar-refractivity contribution >= 4 is 0 Å². The molecule has 0 unspecified atom stereocenters. The second-order valence-electron chi connectivity index (χ2n) is 11.4. The van der Waals surface area contributed by atoms with Gasteiger partial charge in [0.05, 0.1) is 99.1 Å². The summed E-state index contributed by atoms with van der Waals surface area (Å²) in [6, 6.07) is 11.0. The second-order valence-corrected chi connectivity index (χ2v) is 11.4. The van der Waals surface area contributed by atoms with Crippen LogP contribution < -0.4 is 0 Å². The minimum Gasteiger partial charge on any atom is -0.507 e. The average molecular weight is 673 g/mol. The van der Waals surface area contributed by atoms with Crippen molar-refractivity contribution < 1.29 is 58.0 Å². The van der Waals surface area contributed by atoms with Gasteiger partial charge in [-0.05, 0) is 53.1 Å². The molecule has 0 aromatic heterocycles. The van der Waals surface area contributed by atoms with Crippen LogP contribution >= 0.6 is 0 Å². The Hall–Kier alpha value is -3.30. The van der Waals surface area contributed by atoms with E-state index in [1.165, 1.54) is 0 Å². The van der Waals surface area contributed by atoms with E-state index in [1.54, 1.807) is 21.3 Å². The van der Waals surface area contributed by atoms with E-state index in [1.807, 2.05) is 36.4 Å². The molecule has 264 valence electrons. The van der Waals surface area contributed by atoms with E-state index in [9.17, 15) is 15.3 Å². The van der Waals surface area contributed by atoms with E-state index in [4.69, 9.17) is 42.6 Å². The van der Waals surface area contributed by atoms with Crippen molar-refractivity contribution in [3.8, 4) is 17.2 Å². The molecule has 12 heteroatoms. The molecule has 1 aliphatic heterocycles. The summed E-state index contributed by atoms with van der Waals surface area (Å²) < 4.78 is 50.7. The molecule has 0 amide bonds. The van der Waals surface area contributed by atoms with E-state index in [-0.39, 0.29) is 56.9 Å². The Morgan fingerprint density at radius 1 is 0.417 bits per heavy atom. The Labute approximate surface area is 282 Å². The monoisotopic (exact) mass is 672 g/mol. The highest BCUT2D eigenvalue weighted by Crippen LogP contribution is 2.32. The van der Waals surface area contributed by atoms with Crippen LogP contribution in [-0.2, 0) is 102 Å². The van der Waals surface area contributed by atoms with Crippen LogP contribution in [0.15, 0.2) is 36.4 Å². The van der Waals surface area contributed by atoms with E-state index < -0.39 is 0 Å². The number of aromatic hydroxyl groups is 3. The molecule has 0 atom stereocenters. The van der Waals surface area contributed by atoms with Gasteiger partial charge >= 0.3 is 0 Å². The number of benzene rings is 3. The second kappa shape index (κ2) is 20.3. The van der Waals surface area contributed by atoms with Crippen LogP contribution in [0.25, 0.3) is 0 Å². The van der Waals surface area contributed by atoms with Crippen molar-refractivity contribution in [1.82, 2.24) is 0 Å². The summed E-state index contributed by atoms with van der Waals surface area (Å²) >= 11 is 0. The molecule has 1 heterocycles. The molecule has 48 heavy (non-hydrogen) atoms. The topological polar surface area (TPSA) is 144 Å². The van der Waals surface area contributed by atoms with Crippen molar-refractivity contribution in [1.29, 1.82) is 0 Å². The highest BCUT2D eigenvalue weighted by Gasteiger charge is 2.17. The Kier molecular flexibility index (Phi) is 15.8. The van der Waals surface area contributed by atoms with Crippen molar-refractivity contribution in [3.05, 3.63) is 86.5 Å². The highest BCUT2D eigenvalue weighted by molar-refractivity contribution is 5.46. The highest BCUT2D eigenvalue weighted by atomic mass is 16.5. The first-order chi connectivity index (χ1) is 23.4. The van der Waals surface area contributed by atoms with Gasteiger partial charge in [-0.15, -0.1) is 0 Å². The first kappa shape index (κ1) is 37.5. The fourth-order valence-electron chi connectivity index (χ4n) is 5.22. The number of hydrogen-bond acceptors (Lipinski definition) is 12. The fourth-order valence-corrected chi connectivity index (χ4v) is 5.22. The zero-order chi connectivity index (χ0) is 34.1. The Bertz CT molecular complexity index is 1180. The Morgan fingerprint density at radius 3 is 0.854 bits per heavy atom. The molecule has 3 aromatic rings. The van der Waals surface area contributed by atoms with Gasteiger partial charge in [-0.1, -0.05) is 0 Å². The maximum atomic E-state index is 11.2. The standard InChI is InChI=1S/C36H48O12/c1-40-4-7-43-16-25-10-28-19-46-21-30-12-26(17-44-8-5-41-2)14-32(35(30)38)23-48-24-33-15-27(18-45-9-6-42-3)13-31(36(33)39)22-47-20-29(11-25)34(28)37/h10-15,37-39H,4-9,16-24H2,1-3H3. The summed E-state index contributed by atoms with van der Waals surface area (Å²) in [7, 11) is 4.83. The molecule has 0 aliphatic carbocycles. The van der Waals surface area contributed by atoms with Crippen LogP contribution in [0.3, 0.4) is 0 Å². The molecule has 4 rings (SSSR count). The molecule has 0 radical (unpaired) electrons. The summed E-state index contributed by atoms with van der Waals surface area (Å²) in [6.07, 6.45) is 0. The lowest BCUT2D eigenvalue weighted by atomic mass is 10.0. The first-order valence-electron chi connectivity index (χ1n) is 15.9. The van der Waals surface area contributed by atoms with Gasteiger partial charge < -0.3 is 58.0 Å². The SMILES string of the molecule is COCCOCc1cc2c(O)c(c1)COCc1cc(COCCOC)cc(c1O)COCc1cc(COCCOC)cc(c1O)COC2. The van der Waals surface area contributed by atoms with Gasteiger partial charge in [-0.3, -0.25) is 0 Å². The molecule has 0 fully saturated rings. The predicted octanol–water partition coefficient (Wildman–Crippen LogP) is 4.76. The third-order valence-electron chi connectivity index (χ3n) is 7.63. The molecule has 6 bridgehead atoms. The van der Waals surface area contributed by atoms with E-state index >= 15 is 0 Å². The minimum atomic E-state index is 0.0422. The number of ether oxygens (including phenoxy) is 9. The third-order valence-corrected chi connectivity index (χ3v) is 7.63. The molecule has 3 aromatic carbocycles. The normalized spacial score (nSPS) is 14.1. The van der Waals surface area contributed by atoms with Crippen LogP contribution in [0.5, 0.6) is 17.2 Å². The molecule has 3 N–H and O–H groups in total. The lowest BCUT2D eigenvalue weighted by Gasteiger charge is -2.18. The molecule has 0 spiro atoms. The number of rotatable bonds is 15. The number of fused-ring (bicyclic) bond motifs is 6. The van der Waals surface area contributed by atoms with E-state index in [2.05, 4.69) is 0 Å². The number of phenolic OH excluding ortho intramolecular Hbond substituents is 3. The number of phenols is 3. The molecule has 1 aliphatic rings. The van der Waals surface area contributed by atoms with Crippen molar-refractivity contribution in [3.63, 3.8) is 0 Å². The Morgan fingerprint density at radius 2 is 0.646 bits per heavy atom. The maximum Gasteiger partial charge on any atom is 0.126 e. The van der Waals surface area contributed by atoms with Gasteiger partial charge in [0.25, 0.3) is 0 Å². The third kappa shape index (κ3) is 11.4. The lowest BCUT2D eigenvalue weighted by molar-refractivity contribution is 0.0605. The summed E-state index contributed by atoms with van der Waals surface area (Å²) in [4.78, 5) is 0. The van der Waals surface area contributed by atoms with Crippen LogP contribution in [0.1, 0.15) is 50.1 Å². The first-order valence-corrected chi connectivity index (χ1v) is 15.9. The maximum absolute atomic E-state index is 11.2. The van der Waals surface area contributed by atoms with Crippen molar-refractivity contribution in [2.75, 3.05) is 61.0 Å². The predicted molar refractivity (Wildman–Crippen MR) is 174 cm³/mol. The number of hydrogen-bond donors (Lipinski definition) is 3. The van der Waals surface area contributed by atoms with E-state index in [0.717, 1.165) is 16.7 Å². The van der Waals surface area contributed by atoms with Gasteiger partial charge in [0.2, 0.25) is 0 Å². The molecular formula is C36H48O12. The minimum absolute atomic E-state index is 0.0422. The van der Waals surface area contributed by atoms with Gasteiger partial charge in [0.15, 0.2) is 0 Å². The fraction of sp³-hybridized carbons (Fsp3) is 0.500. The van der Waals surface area contributed by atoms with E-state index in [0.29, 0.717) is 92.8 Å². The van der Waals surface area contributed by atoms with Crippen molar-refractivity contribution in [2.24, 2.45) is 0 Å². The Balaban J connectivity index is 1.67. The van der Waals surface area contributed by atoms with Gasteiger partial charge in [-0.25, -0.2) is 0 Å². The van der Waals surface area contributed by atoms with Crippen LogP contribution in [0.4, 0.5) is 0 Å². The van der Waals surface area contributed by atoms with Crippen LogP contribution in [0.2, 0.25) is 0 Å². The zero-order valence-corrected chi connectivity index (χ0v) is 28.1. The molecule has 0 saturated heterocycles. The zero-order valence-electron chi connectivity index (χ0n) is 28.1. The number of methoxy groups -OCH3 is 3. The quantitative estimate of drug-likeness (QED) is 0.192. The molecule has 0 saturated carbocycles. The summed E-state index contributed by atoms with van der Waals surface area (Å²) in [5, 5.41) is 33.7. The molecule has 12 nitrogen and oxygen atoms in total. The van der Waals surface area contributed by atoms with Gasteiger partial charge in [0.1, 0.15) is 17.2 Å². The summed E-state index contributed by atoms with van der Waals surface area (Å²) in [5.74, 6) is 0.127. The van der Waals surface area contributed by atoms with Crippen molar-refractivity contribution in [2.45, 2.75) is 59.5 Å². The van der Waals surface area contributed by atoms with Crippen LogP contribution in [-0.4, -0.2) is 76.3 Å². The smallest absolute Gasteiger partial charge is 0.126 e.